The maximum atomic E-state index is 12.6. The predicted octanol–water partition coefficient (Wildman–Crippen LogP) is 1.93. The minimum absolute atomic E-state index is 0.00829. The number of hydrogen-bond donors (Lipinski definition) is 0. The molecule has 0 aromatic heterocycles. The van der Waals surface area contributed by atoms with Crippen LogP contribution in [0.5, 0.6) is 0 Å². The Bertz CT molecular complexity index is 346. The maximum absolute atomic E-state index is 12.6. The molecule has 0 aromatic rings. The van der Waals surface area contributed by atoms with E-state index in [1.54, 1.807) is 7.11 Å². The number of piperidine rings is 1. The van der Waals surface area contributed by atoms with Gasteiger partial charge in [-0.1, -0.05) is 12.3 Å². The van der Waals surface area contributed by atoms with Gasteiger partial charge in [0.15, 0.2) is 0 Å². The van der Waals surface area contributed by atoms with Gasteiger partial charge in [0.05, 0.1) is 10.8 Å². The van der Waals surface area contributed by atoms with Gasteiger partial charge in [-0.25, -0.2) is 8.51 Å². The smallest absolute Gasteiger partial charge is 0.148 e. The van der Waals surface area contributed by atoms with Gasteiger partial charge in [-0.05, 0) is 33.6 Å². The van der Waals surface area contributed by atoms with Gasteiger partial charge < -0.3 is 9.47 Å². The van der Waals surface area contributed by atoms with Crippen molar-refractivity contribution in [3.05, 3.63) is 0 Å². The predicted molar refractivity (Wildman–Crippen MR) is 77.8 cm³/mol. The topological polar surface area (TPSA) is 38.8 Å². The van der Waals surface area contributed by atoms with Crippen LogP contribution in [0.2, 0.25) is 0 Å². The van der Waals surface area contributed by atoms with Gasteiger partial charge in [-0.2, -0.15) is 0 Å². The van der Waals surface area contributed by atoms with Crippen LogP contribution in [0.1, 0.15) is 40.0 Å². The Hall–Kier alpha value is -0.410. The van der Waals surface area contributed by atoms with Crippen LogP contribution in [0.15, 0.2) is 0 Å². The fourth-order valence-corrected chi connectivity index (χ4v) is 3.66. The molecule has 0 N–H and O–H groups in total. The summed E-state index contributed by atoms with van der Waals surface area (Å²) in [6.45, 7) is 6.92. The molecule has 1 saturated heterocycles. The van der Waals surface area contributed by atoms with Crippen LogP contribution in [0, 0.1) is 12.3 Å². The summed E-state index contributed by atoms with van der Waals surface area (Å²) in [4.78, 5) is 0. The summed E-state index contributed by atoms with van der Waals surface area (Å²) < 4.78 is 24.8. The molecule has 0 spiro atoms. The second-order valence-electron chi connectivity index (χ2n) is 5.73. The molecule has 110 valence electrons. The Morgan fingerprint density at radius 3 is 2.68 bits per heavy atom. The van der Waals surface area contributed by atoms with Gasteiger partial charge in [0, 0.05) is 13.7 Å². The average Bonchev–Trinajstić information content (AvgIpc) is 2.38. The number of terminal acetylenes is 1. The lowest BCUT2D eigenvalue weighted by molar-refractivity contribution is -0.0734. The molecular weight excluding hydrogens is 262 g/mol. The summed E-state index contributed by atoms with van der Waals surface area (Å²) in [5.74, 6) is 2.66. The van der Waals surface area contributed by atoms with Crippen molar-refractivity contribution < 1.29 is 13.7 Å². The van der Waals surface area contributed by atoms with Crippen LogP contribution in [-0.4, -0.2) is 45.9 Å². The molecule has 0 bridgehead atoms. The van der Waals surface area contributed by atoms with Crippen molar-refractivity contribution in [3.63, 3.8) is 0 Å². The van der Waals surface area contributed by atoms with E-state index in [9.17, 15) is 4.21 Å². The summed E-state index contributed by atoms with van der Waals surface area (Å²) in [5.41, 5.74) is 0. The molecule has 0 saturated carbocycles. The zero-order valence-electron chi connectivity index (χ0n) is 12.3. The summed E-state index contributed by atoms with van der Waals surface area (Å²) >= 11 is 0. The molecule has 1 aliphatic rings. The van der Waals surface area contributed by atoms with Crippen molar-refractivity contribution in [3.8, 4) is 12.3 Å². The van der Waals surface area contributed by atoms with Crippen molar-refractivity contribution in [1.82, 2.24) is 4.31 Å². The first-order valence-electron chi connectivity index (χ1n) is 6.67. The standard InChI is InChI=1S/C14H25NO3S/c1-6-13(18-11-17-5)12-9-7-8-10-15(12)19(16)14(2,3)4/h1,12-13H,7-11H2,2-5H3/t12-,13+,19?/m1/s1. The molecular formula is C14H25NO3S. The lowest BCUT2D eigenvalue weighted by atomic mass is 10.0. The Morgan fingerprint density at radius 2 is 2.16 bits per heavy atom. The van der Waals surface area contributed by atoms with Crippen molar-refractivity contribution in [2.75, 3.05) is 20.4 Å². The highest BCUT2D eigenvalue weighted by molar-refractivity contribution is 7.84. The van der Waals surface area contributed by atoms with Crippen LogP contribution >= 0.6 is 0 Å². The summed E-state index contributed by atoms with van der Waals surface area (Å²) in [7, 11) is 0.504. The molecule has 0 aromatic carbocycles. The number of hydrogen-bond acceptors (Lipinski definition) is 3. The van der Waals surface area contributed by atoms with E-state index in [0.29, 0.717) is 0 Å². The summed E-state index contributed by atoms with van der Waals surface area (Å²) in [6, 6.07) is 0.00829. The largest absolute Gasteiger partial charge is 0.359 e. The van der Waals surface area contributed by atoms with Crippen molar-refractivity contribution in [1.29, 1.82) is 0 Å². The molecule has 3 atom stereocenters. The van der Waals surface area contributed by atoms with Gasteiger partial charge in [-0.3, -0.25) is 0 Å². The van der Waals surface area contributed by atoms with Gasteiger partial charge in [0.1, 0.15) is 23.9 Å². The molecule has 1 heterocycles. The van der Waals surface area contributed by atoms with Gasteiger partial charge in [-0.15, -0.1) is 6.42 Å². The average molecular weight is 287 g/mol. The monoisotopic (exact) mass is 287 g/mol. The summed E-state index contributed by atoms with van der Waals surface area (Å²) in [5, 5.41) is 0. The van der Waals surface area contributed by atoms with Crippen molar-refractivity contribution in [2.45, 2.75) is 56.9 Å². The van der Waals surface area contributed by atoms with Gasteiger partial charge in [0.2, 0.25) is 0 Å². The van der Waals surface area contributed by atoms with Crippen LogP contribution in [0.3, 0.4) is 0 Å². The van der Waals surface area contributed by atoms with Gasteiger partial charge >= 0.3 is 0 Å². The molecule has 0 amide bonds. The molecule has 0 radical (unpaired) electrons. The highest BCUT2D eigenvalue weighted by atomic mass is 32.2. The van der Waals surface area contributed by atoms with Crippen molar-refractivity contribution in [2.24, 2.45) is 0 Å². The first-order valence-corrected chi connectivity index (χ1v) is 7.77. The third kappa shape index (κ3) is 4.57. The Morgan fingerprint density at radius 1 is 1.47 bits per heavy atom. The molecule has 19 heavy (non-hydrogen) atoms. The molecule has 4 nitrogen and oxygen atoms in total. The van der Waals surface area contributed by atoms with Crippen LogP contribution in [0.4, 0.5) is 0 Å². The zero-order valence-corrected chi connectivity index (χ0v) is 13.2. The molecule has 1 unspecified atom stereocenters. The SMILES string of the molecule is C#C[C@H](OCOC)[C@H]1CCCCN1S(=O)C(C)(C)C. The van der Waals surface area contributed by atoms with Crippen LogP contribution < -0.4 is 0 Å². The lowest BCUT2D eigenvalue weighted by Gasteiger charge is -2.40. The van der Waals surface area contributed by atoms with Crippen LogP contribution in [-0.2, 0) is 20.5 Å². The Balaban J connectivity index is 2.82. The number of rotatable bonds is 5. The van der Waals surface area contributed by atoms with Crippen LogP contribution in [0.25, 0.3) is 0 Å². The van der Waals surface area contributed by atoms with E-state index in [-0.39, 0.29) is 23.7 Å². The van der Waals surface area contributed by atoms with E-state index in [1.165, 1.54) is 0 Å². The van der Waals surface area contributed by atoms with E-state index >= 15 is 0 Å². The van der Waals surface area contributed by atoms with E-state index in [2.05, 4.69) is 5.92 Å². The third-order valence-electron chi connectivity index (χ3n) is 3.11. The normalized spacial score (nSPS) is 24.7. The molecule has 1 aliphatic heterocycles. The fraction of sp³-hybridized carbons (Fsp3) is 0.857. The summed E-state index contributed by atoms with van der Waals surface area (Å²) in [6.07, 6.45) is 8.26. The zero-order chi connectivity index (χ0) is 14.5. The van der Waals surface area contributed by atoms with E-state index in [4.69, 9.17) is 15.9 Å². The molecule has 1 fully saturated rings. The third-order valence-corrected chi connectivity index (χ3v) is 5.04. The molecule has 1 rings (SSSR count). The lowest BCUT2D eigenvalue weighted by Crippen LogP contribution is -2.51. The molecule has 0 aliphatic carbocycles. The first-order chi connectivity index (χ1) is 8.91. The molecule has 5 heteroatoms. The van der Waals surface area contributed by atoms with E-state index in [0.717, 1.165) is 25.8 Å². The first kappa shape index (κ1) is 16.6. The highest BCUT2D eigenvalue weighted by Crippen LogP contribution is 2.27. The number of methoxy groups -OCH3 is 1. The maximum Gasteiger partial charge on any atom is 0.148 e. The Labute approximate surface area is 119 Å². The minimum Gasteiger partial charge on any atom is -0.359 e. The highest BCUT2D eigenvalue weighted by Gasteiger charge is 2.37. The number of ether oxygens (including phenoxy) is 2. The van der Waals surface area contributed by atoms with Gasteiger partial charge in [0.25, 0.3) is 0 Å². The fourth-order valence-electron chi connectivity index (χ4n) is 2.20. The number of nitrogens with zero attached hydrogens (tertiary/aromatic N) is 1. The second-order valence-corrected chi connectivity index (χ2v) is 7.92. The minimum atomic E-state index is -1.06. The quantitative estimate of drug-likeness (QED) is 0.573. The van der Waals surface area contributed by atoms with Crippen molar-refractivity contribution >= 4 is 11.0 Å². The van der Waals surface area contributed by atoms with E-state index in [1.807, 2.05) is 25.1 Å². The second kappa shape index (κ2) is 7.39. The van der Waals surface area contributed by atoms with E-state index < -0.39 is 11.0 Å². The Kier molecular flexibility index (Phi) is 6.48.